The van der Waals surface area contributed by atoms with Crippen LogP contribution in [0, 0.1) is 13.8 Å². The van der Waals surface area contributed by atoms with Gasteiger partial charge in [0.15, 0.2) is 6.61 Å². The Morgan fingerprint density at radius 2 is 2.19 bits per heavy atom. The molecule has 0 atom stereocenters. The number of ether oxygens (including phenoxy) is 1. The average molecular weight is 283 g/mol. The molecule has 84 valence electrons. The van der Waals surface area contributed by atoms with Crippen LogP contribution in [0.25, 0.3) is 0 Å². The van der Waals surface area contributed by atoms with Gasteiger partial charge in [0.05, 0.1) is 0 Å². The molecule has 1 aromatic heterocycles. The van der Waals surface area contributed by atoms with E-state index in [1.54, 1.807) is 6.92 Å². The predicted octanol–water partition coefficient (Wildman–Crippen LogP) is 3.03. The molecule has 1 heterocycles. The van der Waals surface area contributed by atoms with Crippen LogP contribution < -0.4 is 4.74 Å². The second-order valence-electron chi connectivity index (χ2n) is 3.43. The fourth-order valence-electron chi connectivity index (χ4n) is 1.25. The molecular formula is C11H11BrN2O2. The molecule has 1 aromatic carbocycles. The molecule has 0 aliphatic heterocycles. The van der Waals surface area contributed by atoms with Gasteiger partial charge in [-0.05, 0) is 30.7 Å². The summed E-state index contributed by atoms with van der Waals surface area (Å²) in [6.07, 6.45) is 0. The molecule has 0 N–H and O–H groups in total. The van der Waals surface area contributed by atoms with E-state index in [1.165, 1.54) is 0 Å². The lowest BCUT2D eigenvalue weighted by molar-refractivity contribution is 0.285. The van der Waals surface area contributed by atoms with Crippen molar-refractivity contribution in [2.45, 2.75) is 20.5 Å². The van der Waals surface area contributed by atoms with Gasteiger partial charge in [-0.1, -0.05) is 21.1 Å². The Morgan fingerprint density at radius 3 is 2.81 bits per heavy atom. The van der Waals surface area contributed by atoms with Gasteiger partial charge < -0.3 is 9.26 Å². The lowest BCUT2D eigenvalue weighted by Gasteiger charge is -2.05. The van der Waals surface area contributed by atoms with E-state index in [1.807, 2.05) is 25.1 Å². The monoisotopic (exact) mass is 282 g/mol. The largest absolute Gasteiger partial charge is 0.485 e. The summed E-state index contributed by atoms with van der Waals surface area (Å²) in [5, 5.41) is 3.75. The van der Waals surface area contributed by atoms with Crippen molar-refractivity contribution in [1.82, 2.24) is 10.1 Å². The van der Waals surface area contributed by atoms with Crippen LogP contribution in [0.4, 0.5) is 0 Å². The zero-order chi connectivity index (χ0) is 11.5. The molecule has 0 bridgehead atoms. The number of nitrogens with zero attached hydrogens (tertiary/aromatic N) is 2. The molecule has 2 aromatic rings. The highest BCUT2D eigenvalue weighted by Crippen LogP contribution is 2.21. The maximum absolute atomic E-state index is 5.54. The second kappa shape index (κ2) is 4.65. The van der Waals surface area contributed by atoms with E-state index in [0.717, 1.165) is 15.8 Å². The van der Waals surface area contributed by atoms with Gasteiger partial charge in [0.1, 0.15) is 5.75 Å². The third-order valence-electron chi connectivity index (χ3n) is 2.07. The lowest BCUT2D eigenvalue weighted by Crippen LogP contribution is -1.97. The molecule has 0 amide bonds. The summed E-state index contributed by atoms with van der Waals surface area (Å²) in [5.41, 5.74) is 1.13. The second-order valence-corrected chi connectivity index (χ2v) is 4.28. The number of hydrogen-bond acceptors (Lipinski definition) is 4. The molecule has 0 radical (unpaired) electrons. The van der Waals surface area contributed by atoms with E-state index in [9.17, 15) is 0 Å². The Bertz CT molecular complexity index is 496. The Balaban J connectivity index is 2.02. The maximum Gasteiger partial charge on any atom is 0.223 e. The fraction of sp³-hybridized carbons (Fsp3) is 0.273. The first kappa shape index (κ1) is 11.1. The van der Waals surface area contributed by atoms with Crippen molar-refractivity contribution in [3.05, 3.63) is 40.0 Å². The molecule has 0 saturated heterocycles. The van der Waals surface area contributed by atoms with Crippen molar-refractivity contribution in [3.8, 4) is 5.75 Å². The first-order chi connectivity index (χ1) is 7.65. The quantitative estimate of drug-likeness (QED) is 0.868. The summed E-state index contributed by atoms with van der Waals surface area (Å²) in [7, 11) is 0. The molecule has 4 nitrogen and oxygen atoms in total. The van der Waals surface area contributed by atoms with E-state index in [2.05, 4.69) is 26.1 Å². The minimum absolute atomic E-state index is 0.318. The van der Waals surface area contributed by atoms with Crippen molar-refractivity contribution >= 4 is 15.9 Å². The van der Waals surface area contributed by atoms with Crippen molar-refractivity contribution in [2.24, 2.45) is 0 Å². The number of aromatic nitrogens is 2. The molecule has 0 spiro atoms. The zero-order valence-corrected chi connectivity index (χ0v) is 10.6. The van der Waals surface area contributed by atoms with Crippen LogP contribution in [0.2, 0.25) is 0 Å². The maximum atomic E-state index is 5.54. The minimum Gasteiger partial charge on any atom is -0.485 e. The fourth-order valence-corrected chi connectivity index (χ4v) is 1.50. The number of halogens is 1. The summed E-state index contributed by atoms with van der Waals surface area (Å²) in [4.78, 5) is 4.05. The normalized spacial score (nSPS) is 10.4. The number of hydrogen-bond donors (Lipinski definition) is 0. The van der Waals surface area contributed by atoms with Crippen molar-refractivity contribution in [1.29, 1.82) is 0 Å². The number of rotatable bonds is 3. The molecule has 0 aliphatic carbocycles. The van der Waals surface area contributed by atoms with Gasteiger partial charge in [-0.15, -0.1) is 0 Å². The zero-order valence-electron chi connectivity index (χ0n) is 9.03. The molecule has 16 heavy (non-hydrogen) atoms. The van der Waals surface area contributed by atoms with Crippen LogP contribution in [0.1, 0.15) is 17.3 Å². The highest BCUT2D eigenvalue weighted by atomic mass is 79.9. The van der Waals surface area contributed by atoms with Crippen LogP contribution in [-0.4, -0.2) is 10.1 Å². The lowest BCUT2D eigenvalue weighted by atomic mass is 10.2. The van der Waals surface area contributed by atoms with E-state index < -0.39 is 0 Å². The number of aryl methyl sites for hydroxylation is 2. The number of benzene rings is 1. The predicted molar refractivity (Wildman–Crippen MR) is 62.2 cm³/mol. The third-order valence-corrected chi connectivity index (χ3v) is 2.96. The van der Waals surface area contributed by atoms with E-state index in [-0.39, 0.29) is 0 Å². The molecule has 0 saturated carbocycles. The van der Waals surface area contributed by atoms with E-state index in [0.29, 0.717) is 18.3 Å². The van der Waals surface area contributed by atoms with E-state index >= 15 is 0 Å². The first-order valence-corrected chi connectivity index (χ1v) is 5.62. The summed E-state index contributed by atoms with van der Waals surface area (Å²) in [6, 6.07) is 5.80. The molecule has 0 fully saturated rings. The SMILES string of the molecule is Cc1nc(COc2ccc(Br)c(C)c2)no1. The van der Waals surface area contributed by atoms with Gasteiger partial charge in [-0.2, -0.15) is 4.98 Å². The Hall–Kier alpha value is -1.36. The van der Waals surface area contributed by atoms with Crippen molar-refractivity contribution in [2.75, 3.05) is 0 Å². The van der Waals surface area contributed by atoms with Gasteiger partial charge in [-0.25, -0.2) is 0 Å². The summed E-state index contributed by atoms with van der Waals surface area (Å²) in [6.45, 7) is 4.08. The van der Waals surface area contributed by atoms with Gasteiger partial charge in [0.25, 0.3) is 0 Å². The molecule has 0 unspecified atom stereocenters. The summed E-state index contributed by atoms with van der Waals surface area (Å²) in [5.74, 6) is 1.90. The van der Waals surface area contributed by atoms with Crippen LogP contribution >= 0.6 is 15.9 Å². The average Bonchev–Trinajstić information content (AvgIpc) is 2.66. The summed E-state index contributed by atoms with van der Waals surface area (Å²) >= 11 is 3.43. The Kier molecular flexibility index (Phi) is 3.24. The minimum atomic E-state index is 0.318. The Morgan fingerprint density at radius 1 is 1.38 bits per heavy atom. The smallest absolute Gasteiger partial charge is 0.223 e. The molecule has 0 aliphatic rings. The van der Waals surface area contributed by atoms with Gasteiger partial charge >= 0.3 is 0 Å². The van der Waals surface area contributed by atoms with E-state index in [4.69, 9.17) is 9.26 Å². The summed E-state index contributed by atoms with van der Waals surface area (Å²) < 4.78 is 11.4. The van der Waals surface area contributed by atoms with Gasteiger partial charge in [0.2, 0.25) is 11.7 Å². The molecule has 2 rings (SSSR count). The topological polar surface area (TPSA) is 48.2 Å². The highest BCUT2D eigenvalue weighted by molar-refractivity contribution is 9.10. The standard InChI is InChI=1S/C11H11BrN2O2/c1-7-5-9(3-4-10(7)12)15-6-11-13-8(2)16-14-11/h3-5H,6H2,1-2H3. The van der Waals surface area contributed by atoms with Crippen LogP contribution in [-0.2, 0) is 6.61 Å². The van der Waals surface area contributed by atoms with Crippen molar-refractivity contribution < 1.29 is 9.26 Å². The highest BCUT2D eigenvalue weighted by Gasteiger charge is 2.03. The van der Waals surface area contributed by atoms with Gasteiger partial charge in [0, 0.05) is 11.4 Å². The van der Waals surface area contributed by atoms with Gasteiger partial charge in [-0.3, -0.25) is 0 Å². The Labute approximate surface area is 102 Å². The van der Waals surface area contributed by atoms with Crippen molar-refractivity contribution in [3.63, 3.8) is 0 Å². The van der Waals surface area contributed by atoms with Crippen LogP contribution in [0.5, 0.6) is 5.75 Å². The van der Waals surface area contributed by atoms with Crippen LogP contribution in [0.15, 0.2) is 27.2 Å². The van der Waals surface area contributed by atoms with Crippen LogP contribution in [0.3, 0.4) is 0 Å². The molecular weight excluding hydrogens is 272 g/mol. The third kappa shape index (κ3) is 2.61. The first-order valence-electron chi connectivity index (χ1n) is 4.83. The molecule has 5 heteroatoms.